The molecule has 26 heavy (non-hydrogen) atoms. The molecule has 2 aromatic heterocycles. The monoisotopic (exact) mass is 359 g/mol. The van der Waals surface area contributed by atoms with Crippen LogP contribution in [0.5, 0.6) is 0 Å². The summed E-state index contributed by atoms with van der Waals surface area (Å²) >= 11 is 6.21. The first-order valence-corrected chi connectivity index (χ1v) is 8.86. The number of fused-ring (bicyclic) bond motifs is 3. The average Bonchev–Trinajstić information content (AvgIpc) is 3.07. The third-order valence-electron chi connectivity index (χ3n) is 4.56. The Kier molecular flexibility index (Phi) is 3.57. The van der Waals surface area contributed by atoms with Gasteiger partial charge in [-0.25, -0.2) is 4.98 Å². The van der Waals surface area contributed by atoms with E-state index < -0.39 is 0 Å². The molecule has 4 aromatic rings. The summed E-state index contributed by atoms with van der Waals surface area (Å²) in [5.41, 5.74) is 3.58. The summed E-state index contributed by atoms with van der Waals surface area (Å²) in [5.74, 6) is 1.15. The fourth-order valence-corrected chi connectivity index (χ4v) is 3.54. The lowest BCUT2D eigenvalue weighted by Crippen LogP contribution is -2.27. The van der Waals surface area contributed by atoms with E-state index in [1.54, 1.807) is 0 Å². The number of furan rings is 1. The molecule has 0 N–H and O–H groups in total. The zero-order valence-electron chi connectivity index (χ0n) is 13.8. The van der Waals surface area contributed by atoms with Crippen LogP contribution in [0.2, 0.25) is 5.28 Å². The molecule has 0 radical (unpaired) electrons. The molecule has 1 aliphatic carbocycles. The molecule has 0 aliphatic heterocycles. The predicted molar refractivity (Wildman–Crippen MR) is 102 cm³/mol. The van der Waals surface area contributed by atoms with Gasteiger partial charge in [-0.15, -0.1) is 0 Å². The first-order valence-electron chi connectivity index (χ1n) is 8.48. The smallest absolute Gasteiger partial charge is 0.226 e. The first-order chi connectivity index (χ1) is 12.8. The van der Waals surface area contributed by atoms with Crippen molar-refractivity contribution < 1.29 is 4.42 Å². The van der Waals surface area contributed by atoms with Gasteiger partial charge in [0.2, 0.25) is 5.28 Å². The molecule has 0 fully saturated rings. The fraction of sp³-hybridized carbons (Fsp3) is 0.0952. The molecule has 0 atom stereocenters. The van der Waals surface area contributed by atoms with E-state index in [-0.39, 0.29) is 5.28 Å². The van der Waals surface area contributed by atoms with E-state index in [0.717, 1.165) is 45.6 Å². The number of hydrogen-bond donors (Lipinski definition) is 0. The molecule has 126 valence electrons. The Labute approximate surface area is 154 Å². The summed E-state index contributed by atoms with van der Waals surface area (Å²) in [5, 5.41) is 2.41. The maximum absolute atomic E-state index is 6.21. The van der Waals surface area contributed by atoms with Crippen molar-refractivity contribution in [2.45, 2.75) is 12.8 Å². The molecule has 0 amide bonds. The number of para-hydroxylation sites is 1. The summed E-state index contributed by atoms with van der Waals surface area (Å²) in [7, 11) is 0. The van der Waals surface area contributed by atoms with Crippen molar-refractivity contribution >= 4 is 34.2 Å². The number of hydrogen-bond acceptors (Lipinski definition) is 4. The molecule has 2 aromatic carbocycles. The molecular formula is C21H14ClN3O. The average molecular weight is 360 g/mol. The molecule has 2 heterocycles. The van der Waals surface area contributed by atoms with Gasteiger partial charge in [-0.2, -0.15) is 9.97 Å². The standard InChI is InChI=1S/C21H14ClN3O/c22-21-24-19(13-7-2-1-3-8-13)23-20(25-21)16-11-6-10-15-14-9-4-5-12-17(14)26-18(15)16/h1-5,7-10,12H,6,11H2. The van der Waals surface area contributed by atoms with E-state index in [1.165, 1.54) is 0 Å². The van der Waals surface area contributed by atoms with E-state index in [4.69, 9.17) is 16.0 Å². The van der Waals surface area contributed by atoms with Crippen molar-refractivity contribution in [3.05, 3.63) is 76.3 Å². The normalized spacial score (nSPS) is 13.5. The van der Waals surface area contributed by atoms with E-state index in [9.17, 15) is 0 Å². The van der Waals surface area contributed by atoms with Gasteiger partial charge in [0, 0.05) is 21.7 Å². The number of benzene rings is 2. The lowest BCUT2D eigenvalue weighted by molar-refractivity contribution is 0.567. The van der Waals surface area contributed by atoms with Crippen molar-refractivity contribution in [3.63, 3.8) is 0 Å². The topological polar surface area (TPSA) is 51.8 Å². The van der Waals surface area contributed by atoms with Crippen LogP contribution in [0.1, 0.15) is 18.7 Å². The van der Waals surface area contributed by atoms with E-state index >= 15 is 0 Å². The van der Waals surface area contributed by atoms with Gasteiger partial charge in [0.25, 0.3) is 0 Å². The molecule has 5 heteroatoms. The highest BCUT2D eigenvalue weighted by molar-refractivity contribution is 6.28. The molecule has 0 unspecified atom stereocenters. The van der Waals surface area contributed by atoms with Crippen molar-refractivity contribution in [2.24, 2.45) is 0 Å². The van der Waals surface area contributed by atoms with Crippen molar-refractivity contribution in [2.75, 3.05) is 0 Å². The number of rotatable bonds is 2. The predicted octanol–water partition coefficient (Wildman–Crippen LogP) is 3.71. The Morgan fingerprint density at radius 3 is 2.50 bits per heavy atom. The highest BCUT2D eigenvalue weighted by Crippen LogP contribution is 2.22. The van der Waals surface area contributed by atoms with E-state index in [2.05, 4.69) is 27.1 Å². The third kappa shape index (κ3) is 2.50. The molecule has 0 saturated heterocycles. The van der Waals surface area contributed by atoms with Crippen LogP contribution in [-0.4, -0.2) is 15.0 Å². The molecule has 4 nitrogen and oxygen atoms in total. The first kappa shape index (κ1) is 15.3. The Hall–Kier alpha value is -2.98. The molecule has 0 spiro atoms. The SMILES string of the molecule is Clc1nc(C2=c3oc4ccccc4c3=CCC2)nc(-c2ccccc2)n1. The van der Waals surface area contributed by atoms with Gasteiger partial charge in [-0.3, -0.25) is 0 Å². The largest absolute Gasteiger partial charge is 0.456 e. The highest BCUT2D eigenvalue weighted by atomic mass is 35.5. The van der Waals surface area contributed by atoms with Gasteiger partial charge in [0.05, 0.1) is 0 Å². The maximum Gasteiger partial charge on any atom is 0.226 e. The van der Waals surface area contributed by atoms with Crippen LogP contribution in [0.15, 0.2) is 59.0 Å². The van der Waals surface area contributed by atoms with Gasteiger partial charge in [0.15, 0.2) is 11.6 Å². The van der Waals surface area contributed by atoms with Gasteiger partial charge in [0.1, 0.15) is 11.0 Å². The summed E-state index contributed by atoms with van der Waals surface area (Å²) in [6.07, 6.45) is 3.93. The minimum atomic E-state index is 0.188. The molecule has 1 aliphatic rings. The van der Waals surface area contributed by atoms with E-state index in [1.807, 2.05) is 48.5 Å². The van der Waals surface area contributed by atoms with E-state index in [0.29, 0.717) is 11.6 Å². The summed E-state index contributed by atoms with van der Waals surface area (Å²) in [6.45, 7) is 0. The molecular weight excluding hydrogens is 346 g/mol. The Balaban J connectivity index is 1.79. The zero-order valence-corrected chi connectivity index (χ0v) is 14.6. The van der Waals surface area contributed by atoms with Crippen LogP contribution < -0.4 is 10.6 Å². The number of nitrogens with zero attached hydrogens (tertiary/aromatic N) is 3. The second-order valence-corrected chi connectivity index (χ2v) is 6.52. The van der Waals surface area contributed by atoms with Crippen LogP contribution >= 0.6 is 11.6 Å². The second-order valence-electron chi connectivity index (χ2n) is 6.18. The van der Waals surface area contributed by atoms with Crippen LogP contribution in [0.4, 0.5) is 0 Å². The minimum absolute atomic E-state index is 0.188. The van der Waals surface area contributed by atoms with Crippen molar-refractivity contribution in [1.82, 2.24) is 15.0 Å². The maximum atomic E-state index is 6.21. The Bertz CT molecular complexity index is 1250. The quantitative estimate of drug-likeness (QED) is 0.547. The van der Waals surface area contributed by atoms with Gasteiger partial charge in [-0.05, 0) is 30.5 Å². The van der Waals surface area contributed by atoms with Crippen LogP contribution in [0, 0.1) is 0 Å². The van der Waals surface area contributed by atoms with Crippen LogP contribution in [0.25, 0.3) is 34.0 Å². The Morgan fingerprint density at radius 1 is 0.846 bits per heavy atom. The molecule has 5 rings (SSSR count). The van der Waals surface area contributed by atoms with Gasteiger partial charge >= 0.3 is 0 Å². The van der Waals surface area contributed by atoms with Crippen LogP contribution in [-0.2, 0) is 0 Å². The van der Waals surface area contributed by atoms with Gasteiger partial charge in [-0.1, -0.05) is 54.6 Å². The van der Waals surface area contributed by atoms with Crippen LogP contribution in [0.3, 0.4) is 0 Å². The lowest BCUT2D eigenvalue weighted by Gasteiger charge is -2.09. The minimum Gasteiger partial charge on any atom is -0.456 e. The third-order valence-corrected chi connectivity index (χ3v) is 4.73. The summed E-state index contributed by atoms with van der Waals surface area (Å²) in [4.78, 5) is 13.4. The molecule has 0 bridgehead atoms. The summed E-state index contributed by atoms with van der Waals surface area (Å²) < 4.78 is 6.13. The fourth-order valence-electron chi connectivity index (χ4n) is 3.38. The number of aromatic nitrogens is 3. The zero-order chi connectivity index (χ0) is 17.5. The van der Waals surface area contributed by atoms with Crippen molar-refractivity contribution in [1.29, 1.82) is 0 Å². The van der Waals surface area contributed by atoms with Gasteiger partial charge < -0.3 is 4.42 Å². The highest BCUT2D eigenvalue weighted by Gasteiger charge is 2.17. The second kappa shape index (κ2) is 6.07. The summed E-state index contributed by atoms with van der Waals surface area (Å²) in [6, 6.07) is 17.8. The Morgan fingerprint density at radius 2 is 1.62 bits per heavy atom. The number of halogens is 1. The van der Waals surface area contributed by atoms with Crippen molar-refractivity contribution in [3.8, 4) is 11.4 Å². The lowest BCUT2D eigenvalue weighted by atomic mass is 10.0. The molecule has 0 saturated carbocycles.